The fourth-order valence-electron chi connectivity index (χ4n) is 0.596. The summed E-state index contributed by atoms with van der Waals surface area (Å²) in [5, 5.41) is 8.85. The van der Waals surface area contributed by atoms with E-state index in [4.69, 9.17) is 11.5 Å². The molecular formula is C8H6AcO. The second kappa shape index (κ2) is 4.78. The number of rotatable bonds is 0. The predicted octanol–water partition coefficient (Wildman–Crippen LogP) is 1.37. The van der Waals surface area contributed by atoms with Crippen LogP contribution >= 0.6 is 0 Å². The van der Waals surface area contributed by atoms with E-state index in [1.165, 1.54) is 0 Å². The van der Waals surface area contributed by atoms with Crippen LogP contribution in [0.1, 0.15) is 5.56 Å². The Morgan fingerprint density at radius 1 is 1.40 bits per heavy atom. The fourth-order valence-corrected chi connectivity index (χ4v) is 0.596. The molecule has 0 fully saturated rings. The van der Waals surface area contributed by atoms with Gasteiger partial charge in [0.1, 0.15) is 5.75 Å². The maximum atomic E-state index is 8.85. The third-order valence-electron chi connectivity index (χ3n) is 1.01. The van der Waals surface area contributed by atoms with Crippen LogP contribution < -0.4 is 0 Å². The van der Waals surface area contributed by atoms with E-state index < -0.39 is 0 Å². The monoisotopic (exact) mass is 345 g/mol. The smallest absolute Gasteiger partial charge is 0.116 e. The first-order valence-corrected chi connectivity index (χ1v) is 2.58. The summed E-state index contributed by atoms with van der Waals surface area (Å²) in [7, 11) is 0. The molecule has 0 aliphatic rings. The minimum atomic E-state index is 0. The predicted molar refractivity (Wildman–Crippen MR) is 36.0 cm³/mol. The Morgan fingerprint density at radius 2 is 2.10 bits per heavy atom. The van der Waals surface area contributed by atoms with Gasteiger partial charge in [0.15, 0.2) is 0 Å². The molecule has 0 atom stereocenters. The van der Waals surface area contributed by atoms with E-state index in [0.717, 1.165) is 0 Å². The number of phenolic OH excluding ortho intramolecular Hbond substituents is 1. The van der Waals surface area contributed by atoms with E-state index in [1.54, 1.807) is 24.3 Å². The maximum Gasteiger partial charge on any atom is 0.116 e. The Morgan fingerprint density at radius 3 is 2.50 bits per heavy atom. The van der Waals surface area contributed by atoms with Crippen molar-refractivity contribution in [3.63, 3.8) is 0 Å². The van der Waals surface area contributed by atoms with Crippen LogP contribution in [0.4, 0.5) is 0 Å². The van der Waals surface area contributed by atoms with Gasteiger partial charge in [-0.2, -0.15) is 0 Å². The molecule has 0 amide bonds. The zero-order valence-electron chi connectivity index (χ0n) is 5.41. The van der Waals surface area contributed by atoms with Crippen molar-refractivity contribution in [2.45, 2.75) is 0 Å². The number of hydrogen-bond donors (Lipinski definition) is 1. The first-order valence-electron chi connectivity index (χ1n) is 2.58. The van der Waals surface area contributed by atoms with Crippen molar-refractivity contribution in [2.75, 3.05) is 0 Å². The molecule has 1 aromatic carbocycles. The second-order valence-corrected chi connectivity index (χ2v) is 1.69. The van der Waals surface area contributed by atoms with Gasteiger partial charge in [-0.25, -0.2) is 0 Å². The molecular weight excluding hydrogens is 339 g/mol. The topological polar surface area (TPSA) is 20.2 Å². The van der Waals surface area contributed by atoms with Gasteiger partial charge in [-0.3, -0.25) is 0 Å². The van der Waals surface area contributed by atoms with E-state index in [0.29, 0.717) is 5.56 Å². The summed E-state index contributed by atoms with van der Waals surface area (Å²) in [6.07, 6.45) is 5.06. The van der Waals surface area contributed by atoms with Gasteiger partial charge < -0.3 is 5.11 Å². The van der Waals surface area contributed by atoms with Crippen LogP contribution in [0.15, 0.2) is 24.3 Å². The van der Waals surface area contributed by atoms with Crippen LogP contribution in [0.3, 0.4) is 0 Å². The molecule has 0 aromatic heterocycles. The van der Waals surface area contributed by atoms with Gasteiger partial charge in [0.25, 0.3) is 0 Å². The van der Waals surface area contributed by atoms with Gasteiger partial charge in [0.05, 0.1) is 0 Å². The van der Waals surface area contributed by atoms with E-state index in [2.05, 4.69) is 5.92 Å². The Balaban J connectivity index is 0.000000810. The molecule has 1 radical (unpaired) electrons. The average Bonchev–Trinajstić information content (AvgIpc) is 1.88. The van der Waals surface area contributed by atoms with Crippen molar-refractivity contribution in [1.29, 1.82) is 0 Å². The molecule has 0 bridgehead atoms. The van der Waals surface area contributed by atoms with E-state index >= 15 is 0 Å². The fraction of sp³-hybridized carbons (Fsp3) is 0. The maximum absolute atomic E-state index is 8.85. The Labute approximate surface area is 96.0 Å². The molecule has 1 aromatic rings. The minimum absolute atomic E-state index is 0. The molecule has 0 aliphatic heterocycles. The number of phenols is 1. The molecule has 2 heteroatoms. The largest absolute Gasteiger partial charge is 0.508 e. The van der Waals surface area contributed by atoms with E-state index in [-0.39, 0.29) is 49.8 Å². The number of aromatic hydroxyl groups is 1. The zero-order chi connectivity index (χ0) is 6.69. The molecule has 10 heavy (non-hydrogen) atoms. The average molecular weight is 345 g/mol. The SMILES string of the molecule is C#Cc1cccc(O)c1.[Ac]. The summed E-state index contributed by atoms with van der Waals surface area (Å²) in [6.45, 7) is 0. The first kappa shape index (κ1) is 10.0. The van der Waals surface area contributed by atoms with E-state index in [9.17, 15) is 0 Å². The van der Waals surface area contributed by atoms with Gasteiger partial charge in [-0.05, 0) is 18.2 Å². The summed E-state index contributed by atoms with van der Waals surface area (Å²) in [4.78, 5) is 0. The van der Waals surface area contributed by atoms with Crippen molar-refractivity contribution in [3.05, 3.63) is 29.8 Å². The van der Waals surface area contributed by atoms with Gasteiger partial charge in [-0.15, -0.1) is 6.42 Å². The molecule has 47 valence electrons. The van der Waals surface area contributed by atoms with E-state index in [1.807, 2.05) is 0 Å². The normalized spacial score (nSPS) is 7.50. The van der Waals surface area contributed by atoms with Crippen molar-refractivity contribution in [2.24, 2.45) is 0 Å². The third kappa shape index (κ3) is 2.74. The number of terminal acetylenes is 1. The van der Waals surface area contributed by atoms with Crippen LogP contribution in [0.2, 0.25) is 0 Å². The Kier molecular flexibility index (Phi) is 4.79. The van der Waals surface area contributed by atoms with Crippen LogP contribution in [-0.4, -0.2) is 5.11 Å². The third-order valence-corrected chi connectivity index (χ3v) is 1.01. The van der Waals surface area contributed by atoms with Crippen molar-refractivity contribution in [3.8, 4) is 18.1 Å². The van der Waals surface area contributed by atoms with Crippen LogP contribution in [0.25, 0.3) is 0 Å². The van der Waals surface area contributed by atoms with Crippen molar-refractivity contribution in [1.82, 2.24) is 0 Å². The first-order chi connectivity index (χ1) is 4.33. The van der Waals surface area contributed by atoms with Crippen LogP contribution in [0.5, 0.6) is 5.75 Å². The quantitative estimate of drug-likeness (QED) is 0.705. The number of benzene rings is 1. The van der Waals surface area contributed by atoms with Crippen molar-refractivity contribution < 1.29 is 49.2 Å². The molecule has 1 N–H and O–H groups in total. The minimum Gasteiger partial charge on any atom is -0.508 e. The molecule has 1 rings (SSSR count). The Hall–Kier alpha value is 0.0216. The summed E-state index contributed by atoms with van der Waals surface area (Å²) >= 11 is 0. The summed E-state index contributed by atoms with van der Waals surface area (Å²) in [5.74, 6) is 2.62. The number of hydrogen-bond acceptors (Lipinski definition) is 1. The van der Waals surface area contributed by atoms with Gasteiger partial charge in [0, 0.05) is 49.6 Å². The summed E-state index contributed by atoms with van der Waals surface area (Å²) < 4.78 is 0. The van der Waals surface area contributed by atoms with Crippen LogP contribution in [-0.2, 0) is 0 Å². The molecule has 0 heterocycles. The molecule has 0 spiro atoms. The van der Waals surface area contributed by atoms with Gasteiger partial charge in [-0.1, -0.05) is 12.0 Å². The second-order valence-electron chi connectivity index (χ2n) is 1.69. The van der Waals surface area contributed by atoms with Gasteiger partial charge in [0.2, 0.25) is 0 Å². The molecule has 0 aliphatic carbocycles. The molecule has 1 nitrogen and oxygen atoms in total. The summed E-state index contributed by atoms with van der Waals surface area (Å²) in [6, 6.07) is 6.60. The molecule has 0 saturated carbocycles. The molecule has 0 saturated heterocycles. The standard InChI is InChI=1S/C8H6O.Ac/c1-2-7-4-3-5-8(9)6-7;/h1,3-6,9H;. The van der Waals surface area contributed by atoms with Crippen molar-refractivity contribution >= 4 is 0 Å². The van der Waals surface area contributed by atoms with Gasteiger partial charge >= 0.3 is 0 Å². The Bertz CT molecular complexity index is 250. The zero-order valence-corrected chi connectivity index (χ0v) is 10.2. The van der Waals surface area contributed by atoms with Crippen LogP contribution in [0, 0.1) is 56.4 Å². The molecule has 0 unspecified atom stereocenters. The summed E-state index contributed by atoms with van der Waals surface area (Å²) in [5.41, 5.74) is 0.704.